The molecule has 0 aliphatic carbocycles. The molecule has 0 N–H and O–H groups in total. The summed E-state index contributed by atoms with van der Waals surface area (Å²) in [6.45, 7) is 2.37. The average Bonchev–Trinajstić information content (AvgIpc) is 3.04. The lowest BCUT2D eigenvalue weighted by atomic mass is 10.1. The molecule has 0 saturated carbocycles. The second-order valence-electron chi connectivity index (χ2n) is 5.81. The van der Waals surface area contributed by atoms with Crippen molar-refractivity contribution in [3.05, 3.63) is 81.6 Å². The van der Waals surface area contributed by atoms with Gasteiger partial charge in [-0.15, -0.1) is 0 Å². The fourth-order valence-electron chi connectivity index (χ4n) is 2.60. The Labute approximate surface area is 156 Å². The number of halogens is 2. The molecule has 0 spiro atoms. The summed E-state index contributed by atoms with van der Waals surface area (Å²) < 4.78 is 1.82. The molecular weight excluding hydrogens is 357 g/mol. The Bertz CT molecular complexity index is 903. The first-order valence-electron chi connectivity index (χ1n) is 7.77. The zero-order valence-corrected chi connectivity index (χ0v) is 15.4. The largest absolute Gasteiger partial charge is 0.337 e. The molecule has 0 atom stereocenters. The van der Waals surface area contributed by atoms with Gasteiger partial charge in [-0.25, -0.2) is 4.68 Å². The summed E-state index contributed by atoms with van der Waals surface area (Å²) in [5.41, 5.74) is 3.37. The Balaban J connectivity index is 1.76. The third kappa shape index (κ3) is 3.70. The monoisotopic (exact) mass is 373 g/mol. The molecule has 0 aliphatic heterocycles. The number of hydrogen-bond donors (Lipinski definition) is 0. The van der Waals surface area contributed by atoms with Crippen molar-refractivity contribution in [2.45, 2.75) is 13.5 Å². The molecule has 6 heteroatoms. The van der Waals surface area contributed by atoms with Gasteiger partial charge in [-0.05, 0) is 48.9 Å². The minimum Gasteiger partial charge on any atom is -0.337 e. The maximum atomic E-state index is 12.6. The number of nitrogens with zero attached hydrogens (tertiary/aromatic N) is 3. The fraction of sp³-hybridized carbons (Fsp3) is 0.158. The van der Waals surface area contributed by atoms with Crippen LogP contribution in [0.3, 0.4) is 0 Å². The van der Waals surface area contributed by atoms with E-state index < -0.39 is 0 Å². The minimum absolute atomic E-state index is 0.0835. The summed E-state index contributed by atoms with van der Waals surface area (Å²) in [6, 6.07) is 14.7. The third-order valence-corrected chi connectivity index (χ3v) is 4.83. The van der Waals surface area contributed by atoms with E-state index in [4.69, 9.17) is 23.2 Å². The number of aryl methyl sites for hydroxylation is 1. The summed E-state index contributed by atoms with van der Waals surface area (Å²) in [4.78, 5) is 14.3. The Kier molecular flexibility index (Phi) is 5.11. The normalized spacial score (nSPS) is 10.7. The van der Waals surface area contributed by atoms with E-state index in [0.29, 0.717) is 22.2 Å². The van der Waals surface area contributed by atoms with Crippen LogP contribution >= 0.6 is 23.2 Å². The van der Waals surface area contributed by atoms with Gasteiger partial charge in [0.1, 0.15) is 0 Å². The first kappa shape index (κ1) is 17.5. The van der Waals surface area contributed by atoms with Gasteiger partial charge in [0.15, 0.2) is 0 Å². The number of carbonyl (C=O) groups is 1. The van der Waals surface area contributed by atoms with Gasteiger partial charge in [0.25, 0.3) is 5.91 Å². The number of aromatic nitrogens is 2. The van der Waals surface area contributed by atoms with E-state index in [0.717, 1.165) is 16.9 Å². The Hall–Kier alpha value is -2.30. The zero-order valence-electron chi connectivity index (χ0n) is 13.9. The van der Waals surface area contributed by atoms with Crippen molar-refractivity contribution in [3.8, 4) is 5.69 Å². The maximum Gasteiger partial charge on any atom is 0.253 e. The first-order valence-corrected chi connectivity index (χ1v) is 8.52. The lowest BCUT2D eigenvalue weighted by Crippen LogP contribution is -2.26. The van der Waals surface area contributed by atoms with E-state index in [-0.39, 0.29) is 5.91 Å². The van der Waals surface area contributed by atoms with Crippen LogP contribution in [0.5, 0.6) is 0 Å². The number of rotatable bonds is 4. The van der Waals surface area contributed by atoms with Crippen LogP contribution in [-0.2, 0) is 6.54 Å². The van der Waals surface area contributed by atoms with Crippen LogP contribution in [0.1, 0.15) is 21.6 Å². The van der Waals surface area contributed by atoms with Gasteiger partial charge in [-0.1, -0.05) is 35.3 Å². The standard InChI is InChI=1S/C19H17Cl2N3O/c1-13-10-11-22-24(13)16-8-6-14(7-9-16)19(25)23(2)12-15-4-3-5-17(20)18(15)21/h3-11H,12H2,1-2H3. The van der Waals surface area contributed by atoms with E-state index in [1.165, 1.54) is 0 Å². The molecule has 1 heterocycles. The Morgan fingerprint density at radius 1 is 1.12 bits per heavy atom. The van der Waals surface area contributed by atoms with Crippen molar-refractivity contribution in [3.63, 3.8) is 0 Å². The number of hydrogen-bond acceptors (Lipinski definition) is 2. The maximum absolute atomic E-state index is 12.6. The molecule has 0 aliphatic rings. The lowest BCUT2D eigenvalue weighted by Gasteiger charge is -2.18. The molecule has 3 aromatic rings. The molecule has 128 valence electrons. The molecule has 25 heavy (non-hydrogen) atoms. The summed E-state index contributed by atoms with van der Waals surface area (Å²) >= 11 is 12.2. The molecule has 0 bridgehead atoms. The van der Waals surface area contributed by atoms with Gasteiger partial charge in [-0.3, -0.25) is 4.79 Å². The van der Waals surface area contributed by atoms with Crippen LogP contribution < -0.4 is 0 Å². The molecular formula is C19H17Cl2N3O. The van der Waals surface area contributed by atoms with Gasteiger partial charge < -0.3 is 4.90 Å². The highest BCUT2D eigenvalue weighted by Gasteiger charge is 2.14. The topological polar surface area (TPSA) is 38.1 Å². The molecule has 3 rings (SSSR count). The smallest absolute Gasteiger partial charge is 0.253 e. The van der Waals surface area contributed by atoms with Gasteiger partial charge in [-0.2, -0.15) is 5.10 Å². The fourth-order valence-corrected chi connectivity index (χ4v) is 2.98. The van der Waals surface area contributed by atoms with Crippen molar-refractivity contribution in [1.29, 1.82) is 0 Å². The minimum atomic E-state index is -0.0835. The molecule has 0 unspecified atom stereocenters. The van der Waals surface area contributed by atoms with E-state index in [2.05, 4.69) is 5.10 Å². The molecule has 1 amide bonds. The summed E-state index contributed by atoms with van der Waals surface area (Å²) in [5.74, 6) is -0.0835. The molecule has 0 saturated heterocycles. The van der Waals surface area contributed by atoms with Crippen LogP contribution in [-0.4, -0.2) is 27.6 Å². The van der Waals surface area contributed by atoms with Crippen molar-refractivity contribution in [1.82, 2.24) is 14.7 Å². The SMILES string of the molecule is Cc1ccnn1-c1ccc(C(=O)N(C)Cc2cccc(Cl)c2Cl)cc1. The second-order valence-corrected chi connectivity index (χ2v) is 6.59. The highest BCUT2D eigenvalue weighted by Crippen LogP contribution is 2.26. The van der Waals surface area contributed by atoms with E-state index in [1.54, 1.807) is 36.3 Å². The van der Waals surface area contributed by atoms with Crippen LogP contribution in [0.2, 0.25) is 10.0 Å². The van der Waals surface area contributed by atoms with Gasteiger partial charge in [0.2, 0.25) is 0 Å². The van der Waals surface area contributed by atoms with Gasteiger partial charge in [0.05, 0.1) is 15.7 Å². The van der Waals surface area contributed by atoms with Crippen molar-refractivity contribution >= 4 is 29.1 Å². The predicted molar refractivity (Wildman–Crippen MR) is 101 cm³/mol. The molecule has 0 fully saturated rings. The summed E-state index contributed by atoms with van der Waals surface area (Å²) in [5, 5.41) is 5.23. The van der Waals surface area contributed by atoms with E-state index in [1.807, 2.05) is 41.9 Å². The third-order valence-electron chi connectivity index (χ3n) is 3.98. The number of carbonyl (C=O) groups excluding carboxylic acids is 1. The second kappa shape index (κ2) is 7.30. The van der Waals surface area contributed by atoms with Crippen LogP contribution in [0.4, 0.5) is 0 Å². The number of amides is 1. The van der Waals surface area contributed by atoms with E-state index >= 15 is 0 Å². The highest BCUT2D eigenvalue weighted by molar-refractivity contribution is 6.42. The predicted octanol–water partition coefficient (Wildman–Crippen LogP) is 4.76. The van der Waals surface area contributed by atoms with Crippen LogP contribution in [0.15, 0.2) is 54.7 Å². The summed E-state index contributed by atoms with van der Waals surface area (Å²) in [6.07, 6.45) is 1.75. The zero-order chi connectivity index (χ0) is 18.0. The van der Waals surface area contributed by atoms with Crippen molar-refractivity contribution in [2.24, 2.45) is 0 Å². The molecule has 1 aromatic heterocycles. The van der Waals surface area contributed by atoms with Crippen molar-refractivity contribution < 1.29 is 4.79 Å². The number of benzene rings is 2. The highest BCUT2D eigenvalue weighted by atomic mass is 35.5. The van der Waals surface area contributed by atoms with E-state index in [9.17, 15) is 4.79 Å². The quantitative estimate of drug-likeness (QED) is 0.661. The van der Waals surface area contributed by atoms with Gasteiger partial charge >= 0.3 is 0 Å². The summed E-state index contributed by atoms with van der Waals surface area (Å²) in [7, 11) is 1.74. The molecule has 4 nitrogen and oxygen atoms in total. The Morgan fingerprint density at radius 3 is 2.48 bits per heavy atom. The van der Waals surface area contributed by atoms with Gasteiger partial charge in [0, 0.05) is 31.0 Å². The Morgan fingerprint density at radius 2 is 1.84 bits per heavy atom. The lowest BCUT2D eigenvalue weighted by molar-refractivity contribution is 0.0785. The first-order chi connectivity index (χ1) is 12.0. The molecule has 2 aromatic carbocycles. The molecule has 0 radical (unpaired) electrons. The van der Waals surface area contributed by atoms with Crippen molar-refractivity contribution in [2.75, 3.05) is 7.05 Å². The van der Waals surface area contributed by atoms with Crippen LogP contribution in [0.25, 0.3) is 5.69 Å². The van der Waals surface area contributed by atoms with Crippen LogP contribution in [0, 0.1) is 6.92 Å². The average molecular weight is 374 g/mol.